The Morgan fingerprint density at radius 1 is 0.564 bits per heavy atom. The molecule has 182 valence electrons. The minimum Gasteiger partial charge on any atom is -0.456 e. The van der Waals surface area contributed by atoms with E-state index in [1.165, 1.54) is 4.70 Å². The van der Waals surface area contributed by atoms with Crippen LogP contribution in [0.3, 0.4) is 0 Å². The molecule has 0 amide bonds. The summed E-state index contributed by atoms with van der Waals surface area (Å²) in [6, 6.07) is 26.8. The van der Waals surface area contributed by atoms with E-state index in [1.54, 1.807) is 30.1 Å². The lowest BCUT2D eigenvalue weighted by Gasteiger charge is -2.04. The predicted molar refractivity (Wildman–Crippen MR) is 156 cm³/mol. The van der Waals surface area contributed by atoms with Gasteiger partial charge in [-0.15, -0.1) is 11.3 Å². The number of benzene rings is 4. The van der Waals surface area contributed by atoms with Crippen LogP contribution in [0.5, 0.6) is 0 Å². The lowest BCUT2D eigenvalue weighted by atomic mass is 10.0. The summed E-state index contributed by atoms with van der Waals surface area (Å²) in [6.45, 7) is 0. The molecule has 0 aliphatic carbocycles. The molecule has 5 aromatic heterocycles. The van der Waals surface area contributed by atoms with Crippen LogP contribution in [-0.4, -0.2) is 19.9 Å². The molecule has 0 spiro atoms. The van der Waals surface area contributed by atoms with Crippen molar-refractivity contribution in [1.29, 1.82) is 0 Å². The van der Waals surface area contributed by atoms with Gasteiger partial charge in [0.25, 0.3) is 0 Å². The number of aromatic nitrogens is 4. The zero-order valence-electron chi connectivity index (χ0n) is 20.3. The average Bonchev–Trinajstić information content (AvgIpc) is 3.67. The summed E-state index contributed by atoms with van der Waals surface area (Å²) in [5.41, 5.74) is 8.91. The first kappa shape index (κ1) is 20.9. The second-order valence-electron chi connectivity index (χ2n) is 9.52. The predicted octanol–water partition coefficient (Wildman–Crippen LogP) is 8.77. The molecule has 5 heterocycles. The van der Waals surface area contributed by atoms with Gasteiger partial charge >= 0.3 is 0 Å². The van der Waals surface area contributed by atoms with Crippen molar-refractivity contribution in [3.63, 3.8) is 0 Å². The highest BCUT2D eigenvalue weighted by atomic mass is 32.1. The van der Waals surface area contributed by atoms with Gasteiger partial charge in [-0.05, 0) is 53.6 Å². The molecule has 0 bridgehead atoms. The van der Waals surface area contributed by atoms with Gasteiger partial charge in [-0.3, -0.25) is 4.98 Å². The Kier molecular flexibility index (Phi) is 4.11. The van der Waals surface area contributed by atoms with E-state index < -0.39 is 0 Å². The Balaban J connectivity index is 1.26. The first-order valence-electron chi connectivity index (χ1n) is 12.5. The van der Waals surface area contributed by atoms with Gasteiger partial charge < -0.3 is 8.83 Å². The van der Waals surface area contributed by atoms with Gasteiger partial charge in [0.1, 0.15) is 44.6 Å². The topological polar surface area (TPSA) is 77.8 Å². The maximum absolute atomic E-state index is 6.23. The third-order valence-electron chi connectivity index (χ3n) is 7.35. The van der Waals surface area contributed by atoms with Crippen LogP contribution in [0.2, 0.25) is 0 Å². The van der Waals surface area contributed by atoms with Crippen molar-refractivity contribution in [1.82, 2.24) is 19.9 Å². The van der Waals surface area contributed by atoms with Gasteiger partial charge in [-0.25, -0.2) is 15.0 Å². The quantitative estimate of drug-likeness (QED) is 0.227. The molecule has 39 heavy (non-hydrogen) atoms. The molecular formula is C32H16N4O2S. The molecule has 9 aromatic rings. The number of para-hydroxylation sites is 1. The van der Waals surface area contributed by atoms with Crippen molar-refractivity contribution >= 4 is 75.8 Å². The first-order chi connectivity index (χ1) is 19.3. The summed E-state index contributed by atoms with van der Waals surface area (Å²) in [7, 11) is 0. The number of rotatable bonds is 2. The zero-order chi connectivity index (χ0) is 25.5. The van der Waals surface area contributed by atoms with Crippen molar-refractivity contribution in [2.24, 2.45) is 0 Å². The molecule has 0 saturated heterocycles. The van der Waals surface area contributed by atoms with Gasteiger partial charge in [-0.1, -0.05) is 36.4 Å². The monoisotopic (exact) mass is 520 g/mol. The fourth-order valence-corrected chi connectivity index (χ4v) is 6.70. The smallest absolute Gasteiger partial charge is 0.180 e. The van der Waals surface area contributed by atoms with E-state index in [0.29, 0.717) is 5.58 Å². The molecule has 0 unspecified atom stereocenters. The Bertz CT molecular complexity index is 2250. The second-order valence-corrected chi connectivity index (χ2v) is 10.5. The van der Waals surface area contributed by atoms with Crippen LogP contribution < -0.4 is 0 Å². The molecule has 0 aliphatic heterocycles. The Morgan fingerprint density at radius 3 is 2.26 bits per heavy atom. The Morgan fingerprint density at radius 2 is 1.33 bits per heavy atom. The molecule has 0 N–H and O–H groups in total. The molecule has 9 rings (SSSR count). The summed E-state index contributed by atoms with van der Waals surface area (Å²) < 4.78 is 13.6. The normalized spacial score (nSPS) is 12.1. The molecule has 0 fully saturated rings. The van der Waals surface area contributed by atoms with Crippen LogP contribution in [0.25, 0.3) is 86.8 Å². The van der Waals surface area contributed by atoms with Crippen molar-refractivity contribution < 1.29 is 8.83 Å². The minimum absolute atomic E-state index is 0.685. The SMILES string of the molecule is c1ccc2c(c1)oc1c(-c3ccc4oc5ccc(-c6cccc7c6sc6nccnc67)cc5c4c3)ncnc12. The highest BCUT2D eigenvalue weighted by Crippen LogP contribution is 2.41. The highest BCUT2D eigenvalue weighted by molar-refractivity contribution is 7.25. The summed E-state index contributed by atoms with van der Waals surface area (Å²) in [5, 5.41) is 4.18. The lowest BCUT2D eigenvalue weighted by Crippen LogP contribution is -1.86. The largest absolute Gasteiger partial charge is 0.456 e. The molecule has 4 aromatic carbocycles. The second kappa shape index (κ2) is 7.69. The van der Waals surface area contributed by atoms with E-state index in [0.717, 1.165) is 76.5 Å². The van der Waals surface area contributed by atoms with Gasteiger partial charge in [0.2, 0.25) is 0 Å². The standard InChI is InChI=1S/C32H16N4O2S/c1-2-7-24-20(4-1)28-30(38-24)27(35-16-36-28)18-9-11-26-23(15-18)22-14-17(8-10-25(22)37-26)19-5-3-6-21-29-32(39-31(19)21)34-13-12-33-29/h1-16H. The van der Waals surface area contributed by atoms with Crippen molar-refractivity contribution in [2.45, 2.75) is 0 Å². The number of fused-ring (bicyclic) bond motifs is 9. The zero-order valence-corrected chi connectivity index (χ0v) is 21.1. The van der Waals surface area contributed by atoms with E-state index in [1.807, 2.05) is 36.4 Å². The van der Waals surface area contributed by atoms with Crippen LogP contribution in [0, 0.1) is 0 Å². The average molecular weight is 521 g/mol. The van der Waals surface area contributed by atoms with E-state index in [9.17, 15) is 0 Å². The third-order valence-corrected chi connectivity index (χ3v) is 8.48. The fourth-order valence-electron chi connectivity index (χ4n) is 5.56. The molecule has 0 aliphatic rings. The number of nitrogens with zero attached hydrogens (tertiary/aromatic N) is 4. The van der Waals surface area contributed by atoms with Crippen LogP contribution in [0.1, 0.15) is 0 Å². The van der Waals surface area contributed by atoms with E-state index in [2.05, 4.69) is 62.4 Å². The van der Waals surface area contributed by atoms with E-state index in [4.69, 9.17) is 8.83 Å². The number of thiophene rings is 1. The fraction of sp³-hybridized carbons (Fsp3) is 0. The van der Waals surface area contributed by atoms with Gasteiger partial charge in [0.15, 0.2) is 5.58 Å². The number of hydrogen-bond donors (Lipinski definition) is 0. The Hall–Kier alpha value is -5.14. The first-order valence-corrected chi connectivity index (χ1v) is 13.3. The highest BCUT2D eigenvalue weighted by Gasteiger charge is 2.17. The molecule has 6 nitrogen and oxygen atoms in total. The maximum Gasteiger partial charge on any atom is 0.180 e. The van der Waals surface area contributed by atoms with Crippen LogP contribution in [0.15, 0.2) is 106 Å². The van der Waals surface area contributed by atoms with Gasteiger partial charge in [-0.2, -0.15) is 0 Å². The van der Waals surface area contributed by atoms with Crippen LogP contribution >= 0.6 is 11.3 Å². The van der Waals surface area contributed by atoms with Crippen LogP contribution in [0.4, 0.5) is 0 Å². The van der Waals surface area contributed by atoms with Crippen molar-refractivity contribution in [2.75, 3.05) is 0 Å². The van der Waals surface area contributed by atoms with E-state index in [-0.39, 0.29) is 0 Å². The Labute approximate surface area is 224 Å². The maximum atomic E-state index is 6.23. The van der Waals surface area contributed by atoms with Gasteiger partial charge in [0, 0.05) is 44.2 Å². The van der Waals surface area contributed by atoms with Crippen molar-refractivity contribution in [3.05, 3.63) is 97.6 Å². The summed E-state index contributed by atoms with van der Waals surface area (Å²) in [6.07, 6.45) is 5.10. The number of furan rings is 2. The van der Waals surface area contributed by atoms with Crippen LogP contribution in [-0.2, 0) is 0 Å². The third kappa shape index (κ3) is 2.96. The summed E-state index contributed by atoms with van der Waals surface area (Å²) in [5.74, 6) is 0. The number of hydrogen-bond acceptors (Lipinski definition) is 7. The molecule has 7 heteroatoms. The lowest BCUT2D eigenvalue weighted by molar-refractivity contribution is 0.666. The minimum atomic E-state index is 0.685. The van der Waals surface area contributed by atoms with E-state index >= 15 is 0 Å². The van der Waals surface area contributed by atoms with Crippen molar-refractivity contribution in [3.8, 4) is 22.4 Å². The summed E-state index contributed by atoms with van der Waals surface area (Å²) in [4.78, 5) is 19.2. The molecule has 0 radical (unpaired) electrons. The summed E-state index contributed by atoms with van der Waals surface area (Å²) >= 11 is 1.67. The molecular weight excluding hydrogens is 504 g/mol. The van der Waals surface area contributed by atoms with Gasteiger partial charge in [0.05, 0.1) is 0 Å². The molecule has 0 atom stereocenters. The molecule has 0 saturated carbocycles.